The highest BCUT2D eigenvalue weighted by atomic mass is 79.9. The number of sulfonamides is 1. The summed E-state index contributed by atoms with van der Waals surface area (Å²) in [6, 6.07) is 8.80. The molecule has 1 N–H and O–H groups in total. The van der Waals surface area contributed by atoms with Crippen molar-refractivity contribution in [2.24, 2.45) is 0 Å². The van der Waals surface area contributed by atoms with Crippen molar-refractivity contribution in [2.75, 3.05) is 26.2 Å². The molecular formula is C13H17BrN3O2S+. The maximum atomic E-state index is 12.5. The summed E-state index contributed by atoms with van der Waals surface area (Å²) in [5.74, 6) is 0. The number of quaternary nitrogens is 1. The van der Waals surface area contributed by atoms with Crippen LogP contribution in [0.4, 0.5) is 0 Å². The first-order valence-electron chi connectivity index (χ1n) is 6.45. The highest BCUT2D eigenvalue weighted by Gasteiger charge is 2.32. The van der Waals surface area contributed by atoms with Crippen LogP contribution in [-0.2, 0) is 10.0 Å². The average Bonchev–Trinajstić information content (AvgIpc) is 2.47. The fraction of sp³-hybridized carbons (Fsp3) is 0.462. The van der Waals surface area contributed by atoms with Gasteiger partial charge in [-0.3, -0.25) is 0 Å². The Hall–Kier alpha value is -0.940. The number of halogens is 1. The smallest absolute Gasteiger partial charge is 0.243 e. The van der Waals surface area contributed by atoms with Crippen molar-refractivity contribution >= 4 is 26.0 Å². The molecule has 108 valence electrons. The fourth-order valence-electron chi connectivity index (χ4n) is 2.29. The average molecular weight is 359 g/mol. The van der Waals surface area contributed by atoms with Crippen LogP contribution in [0.2, 0.25) is 0 Å². The van der Waals surface area contributed by atoms with E-state index in [-0.39, 0.29) is 6.04 Å². The molecule has 1 aliphatic rings. The lowest BCUT2D eigenvalue weighted by Crippen LogP contribution is -3.17. The van der Waals surface area contributed by atoms with Gasteiger partial charge in [-0.25, -0.2) is 8.42 Å². The maximum Gasteiger partial charge on any atom is 0.243 e. The molecule has 5 nitrogen and oxygen atoms in total. The second-order valence-electron chi connectivity index (χ2n) is 4.87. The molecule has 0 saturated carbocycles. The zero-order chi connectivity index (χ0) is 14.8. The lowest BCUT2D eigenvalue weighted by atomic mass is 10.2. The first-order valence-corrected chi connectivity index (χ1v) is 8.68. The van der Waals surface area contributed by atoms with Crippen LogP contribution in [0.1, 0.15) is 6.92 Å². The minimum Gasteiger partial charge on any atom is -0.319 e. The minimum absolute atomic E-state index is 0.0902. The Morgan fingerprint density at radius 2 is 1.85 bits per heavy atom. The summed E-state index contributed by atoms with van der Waals surface area (Å²) in [4.78, 5) is 1.47. The highest BCUT2D eigenvalue weighted by Crippen LogP contribution is 2.18. The van der Waals surface area contributed by atoms with Crippen LogP contribution in [0.5, 0.6) is 0 Å². The number of nitrogens with one attached hydrogen (secondary N) is 1. The van der Waals surface area contributed by atoms with Gasteiger partial charge in [0.2, 0.25) is 10.0 Å². The molecule has 2 rings (SSSR count). The number of hydrogen-bond donors (Lipinski definition) is 1. The second-order valence-corrected chi connectivity index (χ2v) is 7.72. The first kappa shape index (κ1) is 15.4. The number of piperazine rings is 1. The van der Waals surface area contributed by atoms with Crippen LogP contribution in [0, 0.1) is 11.3 Å². The SMILES string of the molecule is C[C@@H](C#N)[NH+]1CCN(S(=O)(=O)c2ccc(Br)cc2)CC1. The van der Waals surface area contributed by atoms with Gasteiger partial charge in [0.25, 0.3) is 0 Å². The van der Waals surface area contributed by atoms with Crippen molar-refractivity contribution in [1.29, 1.82) is 5.26 Å². The van der Waals surface area contributed by atoms with Crippen molar-refractivity contribution in [3.63, 3.8) is 0 Å². The van der Waals surface area contributed by atoms with E-state index in [1.165, 1.54) is 4.31 Å². The highest BCUT2D eigenvalue weighted by molar-refractivity contribution is 9.10. The third-order valence-corrected chi connectivity index (χ3v) is 6.06. The van der Waals surface area contributed by atoms with Crippen molar-refractivity contribution in [1.82, 2.24) is 4.31 Å². The van der Waals surface area contributed by atoms with E-state index in [9.17, 15) is 8.42 Å². The van der Waals surface area contributed by atoms with Gasteiger partial charge in [-0.15, -0.1) is 0 Å². The summed E-state index contributed by atoms with van der Waals surface area (Å²) in [7, 11) is -3.42. The molecule has 1 aromatic carbocycles. The summed E-state index contributed by atoms with van der Waals surface area (Å²) in [6.45, 7) is 4.13. The van der Waals surface area contributed by atoms with Crippen LogP contribution < -0.4 is 4.90 Å². The minimum atomic E-state index is -3.42. The Kier molecular flexibility index (Phi) is 4.81. The van der Waals surface area contributed by atoms with Crippen molar-refractivity contribution in [2.45, 2.75) is 17.9 Å². The normalized spacial score (nSPS) is 19.4. The quantitative estimate of drug-likeness (QED) is 0.842. The van der Waals surface area contributed by atoms with Gasteiger partial charge in [-0.1, -0.05) is 15.9 Å². The van der Waals surface area contributed by atoms with Gasteiger partial charge in [0.15, 0.2) is 6.04 Å². The van der Waals surface area contributed by atoms with Crippen LogP contribution >= 0.6 is 15.9 Å². The molecule has 0 spiro atoms. The zero-order valence-corrected chi connectivity index (χ0v) is 13.6. The Morgan fingerprint density at radius 1 is 1.30 bits per heavy atom. The predicted octanol–water partition coefficient (Wildman–Crippen LogP) is 0.250. The number of benzene rings is 1. The predicted molar refractivity (Wildman–Crippen MR) is 78.7 cm³/mol. The van der Waals surface area contributed by atoms with Gasteiger partial charge in [0, 0.05) is 11.4 Å². The summed E-state index contributed by atoms with van der Waals surface area (Å²) in [5, 5.41) is 8.91. The van der Waals surface area contributed by atoms with Crippen molar-refractivity contribution in [3.8, 4) is 6.07 Å². The molecule has 20 heavy (non-hydrogen) atoms. The largest absolute Gasteiger partial charge is 0.319 e. The van der Waals surface area contributed by atoms with Crippen molar-refractivity contribution < 1.29 is 13.3 Å². The van der Waals surface area contributed by atoms with E-state index in [4.69, 9.17) is 5.26 Å². The van der Waals surface area contributed by atoms with E-state index in [0.717, 1.165) is 9.37 Å². The standard InChI is InChI=1S/C13H16BrN3O2S/c1-11(10-15)16-6-8-17(9-7-16)20(18,19)13-4-2-12(14)3-5-13/h2-5,11H,6-9H2,1H3/p+1/t11-/m0/s1. The van der Waals surface area contributed by atoms with E-state index in [2.05, 4.69) is 22.0 Å². The van der Waals surface area contributed by atoms with E-state index in [0.29, 0.717) is 31.1 Å². The summed E-state index contributed by atoms with van der Waals surface area (Å²) in [5.41, 5.74) is 0. The molecule has 0 aromatic heterocycles. The number of nitrogens with zero attached hydrogens (tertiary/aromatic N) is 2. The summed E-state index contributed by atoms with van der Waals surface area (Å²) >= 11 is 3.30. The second kappa shape index (κ2) is 6.22. The van der Waals surface area contributed by atoms with Crippen LogP contribution in [0.25, 0.3) is 0 Å². The van der Waals surface area contributed by atoms with Gasteiger partial charge in [0.05, 0.1) is 31.1 Å². The third-order valence-electron chi connectivity index (χ3n) is 3.62. The Balaban J connectivity index is 2.10. The molecule has 1 heterocycles. The molecule has 1 fully saturated rings. The first-order chi connectivity index (χ1) is 9.45. The van der Waals surface area contributed by atoms with Crippen LogP contribution in [0.3, 0.4) is 0 Å². The molecule has 0 radical (unpaired) electrons. The molecule has 1 saturated heterocycles. The van der Waals surface area contributed by atoms with Gasteiger partial charge in [0.1, 0.15) is 6.07 Å². The Labute approximate surface area is 128 Å². The van der Waals surface area contributed by atoms with E-state index in [1.807, 2.05) is 6.92 Å². The fourth-order valence-corrected chi connectivity index (χ4v) is 4.00. The van der Waals surface area contributed by atoms with E-state index in [1.54, 1.807) is 24.3 Å². The zero-order valence-electron chi connectivity index (χ0n) is 11.2. The van der Waals surface area contributed by atoms with E-state index >= 15 is 0 Å². The Morgan fingerprint density at radius 3 is 2.35 bits per heavy atom. The lowest BCUT2D eigenvalue weighted by molar-refractivity contribution is -0.918. The summed E-state index contributed by atoms with van der Waals surface area (Å²) in [6.07, 6.45) is 0. The van der Waals surface area contributed by atoms with E-state index < -0.39 is 10.0 Å². The van der Waals surface area contributed by atoms with Crippen LogP contribution in [0.15, 0.2) is 33.6 Å². The third kappa shape index (κ3) is 3.20. The molecule has 1 aromatic rings. The molecule has 7 heteroatoms. The van der Waals surface area contributed by atoms with Crippen LogP contribution in [-0.4, -0.2) is 44.9 Å². The molecular weight excluding hydrogens is 342 g/mol. The molecule has 1 aliphatic heterocycles. The molecule has 0 bridgehead atoms. The number of hydrogen-bond acceptors (Lipinski definition) is 3. The van der Waals surface area contributed by atoms with Gasteiger partial charge < -0.3 is 4.90 Å². The number of rotatable bonds is 3. The molecule has 0 aliphatic carbocycles. The number of nitriles is 1. The topological polar surface area (TPSA) is 65.6 Å². The Bertz CT molecular complexity index is 601. The molecule has 0 amide bonds. The molecule has 1 atom stereocenters. The van der Waals surface area contributed by atoms with Gasteiger partial charge in [-0.2, -0.15) is 9.57 Å². The molecule has 0 unspecified atom stereocenters. The lowest BCUT2D eigenvalue weighted by Gasteiger charge is -2.32. The van der Waals surface area contributed by atoms with Gasteiger partial charge in [-0.05, 0) is 24.3 Å². The maximum absolute atomic E-state index is 12.5. The monoisotopic (exact) mass is 358 g/mol. The van der Waals surface area contributed by atoms with Gasteiger partial charge >= 0.3 is 0 Å². The summed E-state index contributed by atoms with van der Waals surface area (Å²) < 4.78 is 27.3. The van der Waals surface area contributed by atoms with Crippen molar-refractivity contribution in [3.05, 3.63) is 28.7 Å².